The Morgan fingerprint density at radius 2 is 1.82 bits per heavy atom. The van der Waals surface area contributed by atoms with Crippen LogP contribution >= 0.6 is 0 Å². The van der Waals surface area contributed by atoms with Crippen LogP contribution in [0, 0.1) is 13.8 Å². The Labute approximate surface area is 166 Å². The molecule has 1 amide bonds. The highest BCUT2D eigenvalue weighted by Gasteiger charge is 2.20. The topological polar surface area (TPSA) is 75.9 Å². The summed E-state index contributed by atoms with van der Waals surface area (Å²) in [5.41, 5.74) is 3.16. The predicted octanol–water partition coefficient (Wildman–Crippen LogP) is 2.87. The molecule has 0 atom stereocenters. The smallest absolute Gasteiger partial charge is 0.220 e. The molecule has 2 aromatic rings. The Morgan fingerprint density at radius 3 is 2.57 bits per heavy atom. The molecule has 0 bridgehead atoms. The van der Waals surface area contributed by atoms with E-state index in [1.54, 1.807) is 6.33 Å². The van der Waals surface area contributed by atoms with E-state index in [-0.39, 0.29) is 5.91 Å². The first-order valence-electron chi connectivity index (χ1n) is 10.5. The number of hydrogen-bond acceptors (Lipinski definition) is 5. The van der Waals surface area contributed by atoms with Crippen molar-refractivity contribution in [1.82, 2.24) is 25.1 Å². The third-order valence-electron chi connectivity index (χ3n) is 6.05. The molecule has 0 radical (unpaired) electrons. The molecule has 1 aliphatic carbocycles. The lowest BCUT2D eigenvalue weighted by Crippen LogP contribution is -2.32. The predicted molar refractivity (Wildman–Crippen MR) is 109 cm³/mol. The second-order valence-corrected chi connectivity index (χ2v) is 8.04. The summed E-state index contributed by atoms with van der Waals surface area (Å²) in [6, 6.07) is 2.39. The van der Waals surface area contributed by atoms with Gasteiger partial charge >= 0.3 is 0 Å². The van der Waals surface area contributed by atoms with Crippen LogP contribution in [-0.4, -0.2) is 44.8 Å². The van der Waals surface area contributed by atoms with Gasteiger partial charge in [-0.3, -0.25) is 4.79 Å². The standard InChI is InChI=1S/C21H30N6O/c1-15-18(9-10-21(28)24-17-7-3-4-8-17)16(2)27(25-15)20-13-19(22-14-23-20)26-11-5-6-12-26/h13-14,17H,3-12H2,1-2H3,(H,24,28). The monoisotopic (exact) mass is 382 g/mol. The maximum atomic E-state index is 12.3. The molecule has 7 nitrogen and oxygen atoms in total. The van der Waals surface area contributed by atoms with Crippen LogP contribution in [0.3, 0.4) is 0 Å². The molecular formula is C21H30N6O. The van der Waals surface area contributed by atoms with Crippen molar-refractivity contribution in [1.29, 1.82) is 0 Å². The maximum Gasteiger partial charge on any atom is 0.220 e. The fraction of sp³-hybridized carbons (Fsp3) is 0.619. The van der Waals surface area contributed by atoms with Gasteiger partial charge in [-0.05, 0) is 51.5 Å². The van der Waals surface area contributed by atoms with Gasteiger partial charge in [-0.1, -0.05) is 12.8 Å². The number of nitrogens with one attached hydrogen (secondary N) is 1. The summed E-state index contributed by atoms with van der Waals surface area (Å²) in [6.45, 7) is 6.17. The number of rotatable bonds is 6. The molecule has 1 saturated carbocycles. The Morgan fingerprint density at radius 1 is 1.11 bits per heavy atom. The van der Waals surface area contributed by atoms with Crippen LogP contribution in [0.4, 0.5) is 5.82 Å². The minimum absolute atomic E-state index is 0.150. The van der Waals surface area contributed by atoms with Crippen molar-refractivity contribution in [3.63, 3.8) is 0 Å². The van der Waals surface area contributed by atoms with Gasteiger partial charge in [0.05, 0.1) is 5.69 Å². The van der Waals surface area contributed by atoms with Gasteiger partial charge in [0.15, 0.2) is 5.82 Å². The van der Waals surface area contributed by atoms with E-state index in [0.717, 1.165) is 54.5 Å². The molecule has 28 heavy (non-hydrogen) atoms. The van der Waals surface area contributed by atoms with Gasteiger partial charge in [-0.15, -0.1) is 0 Å². The van der Waals surface area contributed by atoms with Gasteiger partial charge < -0.3 is 10.2 Å². The summed E-state index contributed by atoms with van der Waals surface area (Å²) in [6.07, 6.45) is 9.96. The SMILES string of the molecule is Cc1nn(-c2cc(N3CCCC3)ncn2)c(C)c1CCC(=O)NC1CCCC1. The fourth-order valence-electron chi connectivity index (χ4n) is 4.44. The zero-order valence-electron chi connectivity index (χ0n) is 16.9. The first-order valence-corrected chi connectivity index (χ1v) is 10.5. The van der Waals surface area contributed by atoms with Crippen molar-refractivity contribution in [2.24, 2.45) is 0 Å². The number of aryl methyl sites for hydroxylation is 1. The Bertz CT molecular complexity index is 833. The third-order valence-corrected chi connectivity index (χ3v) is 6.05. The molecule has 0 aromatic carbocycles. The molecule has 2 fully saturated rings. The van der Waals surface area contributed by atoms with E-state index in [0.29, 0.717) is 18.9 Å². The molecule has 1 aliphatic heterocycles. The molecular weight excluding hydrogens is 352 g/mol. The van der Waals surface area contributed by atoms with Crippen molar-refractivity contribution in [2.45, 2.75) is 71.3 Å². The maximum absolute atomic E-state index is 12.3. The number of nitrogens with zero attached hydrogens (tertiary/aromatic N) is 5. The number of hydrogen-bond donors (Lipinski definition) is 1. The lowest BCUT2D eigenvalue weighted by Gasteiger charge is -2.16. The minimum atomic E-state index is 0.150. The van der Waals surface area contributed by atoms with Crippen LogP contribution in [0.25, 0.3) is 5.82 Å². The summed E-state index contributed by atoms with van der Waals surface area (Å²) >= 11 is 0. The number of carbonyl (C=O) groups is 1. The normalized spacial score (nSPS) is 17.4. The summed E-state index contributed by atoms with van der Waals surface area (Å²) < 4.78 is 1.89. The summed E-state index contributed by atoms with van der Waals surface area (Å²) in [5, 5.41) is 7.88. The lowest BCUT2D eigenvalue weighted by atomic mass is 10.1. The fourth-order valence-corrected chi connectivity index (χ4v) is 4.44. The second-order valence-electron chi connectivity index (χ2n) is 8.04. The van der Waals surface area contributed by atoms with E-state index in [2.05, 4.69) is 27.1 Å². The van der Waals surface area contributed by atoms with E-state index >= 15 is 0 Å². The second kappa shape index (κ2) is 8.29. The van der Waals surface area contributed by atoms with Crippen LogP contribution in [-0.2, 0) is 11.2 Å². The van der Waals surface area contributed by atoms with Crippen LogP contribution in [0.2, 0.25) is 0 Å². The number of anilines is 1. The largest absolute Gasteiger partial charge is 0.356 e. The van der Waals surface area contributed by atoms with E-state index < -0.39 is 0 Å². The van der Waals surface area contributed by atoms with Gasteiger partial charge in [0.2, 0.25) is 5.91 Å². The molecule has 4 rings (SSSR count). The highest BCUT2D eigenvalue weighted by Crippen LogP contribution is 2.23. The van der Waals surface area contributed by atoms with Gasteiger partial charge in [-0.25, -0.2) is 14.6 Å². The van der Waals surface area contributed by atoms with Gasteiger partial charge in [0, 0.05) is 37.3 Å². The van der Waals surface area contributed by atoms with Gasteiger partial charge in [-0.2, -0.15) is 5.10 Å². The van der Waals surface area contributed by atoms with E-state index in [4.69, 9.17) is 5.10 Å². The molecule has 0 unspecified atom stereocenters. The number of amides is 1. The van der Waals surface area contributed by atoms with Crippen LogP contribution < -0.4 is 10.2 Å². The molecule has 150 valence electrons. The first kappa shape index (κ1) is 18.9. The molecule has 1 saturated heterocycles. The van der Waals surface area contributed by atoms with Crippen molar-refractivity contribution in [3.8, 4) is 5.82 Å². The number of carbonyl (C=O) groups excluding carboxylic acids is 1. The van der Waals surface area contributed by atoms with Crippen molar-refractivity contribution in [2.75, 3.05) is 18.0 Å². The lowest BCUT2D eigenvalue weighted by molar-refractivity contribution is -0.121. The van der Waals surface area contributed by atoms with Crippen molar-refractivity contribution < 1.29 is 4.79 Å². The Kier molecular flexibility index (Phi) is 5.59. The quantitative estimate of drug-likeness (QED) is 0.831. The number of aromatic nitrogens is 4. The van der Waals surface area contributed by atoms with E-state index in [9.17, 15) is 4.79 Å². The minimum Gasteiger partial charge on any atom is -0.356 e. The van der Waals surface area contributed by atoms with E-state index in [1.807, 2.05) is 17.7 Å². The Hall–Kier alpha value is -2.44. The van der Waals surface area contributed by atoms with Gasteiger partial charge in [0.1, 0.15) is 12.1 Å². The molecule has 3 heterocycles. The summed E-state index contributed by atoms with van der Waals surface area (Å²) in [4.78, 5) is 23.5. The van der Waals surface area contributed by atoms with E-state index in [1.165, 1.54) is 25.7 Å². The zero-order chi connectivity index (χ0) is 19.5. The molecule has 2 aromatic heterocycles. The highest BCUT2D eigenvalue weighted by molar-refractivity contribution is 5.76. The summed E-state index contributed by atoms with van der Waals surface area (Å²) in [5.74, 6) is 1.91. The van der Waals surface area contributed by atoms with Crippen molar-refractivity contribution in [3.05, 3.63) is 29.3 Å². The van der Waals surface area contributed by atoms with Gasteiger partial charge in [0.25, 0.3) is 0 Å². The third kappa shape index (κ3) is 4.03. The molecule has 2 aliphatic rings. The van der Waals surface area contributed by atoms with Crippen LogP contribution in [0.15, 0.2) is 12.4 Å². The zero-order valence-corrected chi connectivity index (χ0v) is 16.9. The Balaban J connectivity index is 1.46. The molecule has 1 N–H and O–H groups in total. The van der Waals surface area contributed by atoms with Crippen LogP contribution in [0.1, 0.15) is 61.9 Å². The molecule has 0 spiro atoms. The van der Waals surface area contributed by atoms with Crippen LogP contribution in [0.5, 0.6) is 0 Å². The summed E-state index contributed by atoms with van der Waals surface area (Å²) in [7, 11) is 0. The van der Waals surface area contributed by atoms with Crippen molar-refractivity contribution >= 4 is 11.7 Å². The first-order chi connectivity index (χ1) is 13.6. The average molecular weight is 383 g/mol. The highest BCUT2D eigenvalue weighted by atomic mass is 16.1. The average Bonchev–Trinajstić information content (AvgIpc) is 3.44. The molecule has 7 heteroatoms.